The number of hydrogen-bond acceptors (Lipinski definition) is 5. The third-order valence-electron chi connectivity index (χ3n) is 2.53. The van der Waals surface area contributed by atoms with Gasteiger partial charge in [-0.2, -0.15) is 26.0 Å². The maximum absolute atomic E-state index is 13.1. The molecule has 0 rings (SSSR count). The molecule has 0 aromatic rings. The molecular formula is C11H16F4O6S. The first-order valence-corrected chi connectivity index (χ1v) is 7.37. The first-order chi connectivity index (χ1) is 9.87. The molecule has 0 aromatic heterocycles. The van der Waals surface area contributed by atoms with Crippen molar-refractivity contribution in [1.82, 2.24) is 0 Å². The van der Waals surface area contributed by atoms with Crippen LogP contribution in [0.5, 0.6) is 0 Å². The lowest BCUT2D eigenvalue weighted by atomic mass is 10.1. The summed E-state index contributed by atoms with van der Waals surface area (Å²) in [6, 6.07) is 0. The average Bonchev–Trinajstić information content (AvgIpc) is 2.39. The number of ether oxygens (including phenoxy) is 2. The van der Waals surface area contributed by atoms with Crippen LogP contribution in [0, 0.1) is 0 Å². The van der Waals surface area contributed by atoms with E-state index >= 15 is 0 Å². The molecule has 0 aromatic carbocycles. The van der Waals surface area contributed by atoms with Crippen LogP contribution in [0.3, 0.4) is 0 Å². The standard InChI is InChI=1S/C11H16F4O6S/c1-8(9(16)20-2)7-21-6-4-3-5-10(12,13)11(14,15)22(17,18)19/h1,3-7H2,2H3,(H,17,18,19). The predicted octanol–water partition coefficient (Wildman–Crippen LogP) is 2.02. The molecule has 0 atom stereocenters. The van der Waals surface area contributed by atoms with Crippen LogP contribution in [-0.2, 0) is 24.4 Å². The first kappa shape index (κ1) is 20.8. The van der Waals surface area contributed by atoms with Crippen LogP contribution in [0.4, 0.5) is 17.6 Å². The average molecular weight is 352 g/mol. The first-order valence-electron chi connectivity index (χ1n) is 5.93. The van der Waals surface area contributed by atoms with Gasteiger partial charge in [-0.25, -0.2) is 4.79 Å². The van der Waals surface area contributed by atoms with Gasteiger partial charge in [0.15, 0.2) is 0 Å². The Bertz CT molecular complexity index is 503. The van der Waals surface area contributed by atoms with Crippen molar-refractivity contribution in [3.8, 4) is 0 Å². The molecule has 0 saturated carbocycles. The molecule has 130 valence electrons. The fourth-order valence-electron chi connectivity index (χ4n) is 1.28. The van der Waals surface area contributed by atoms with Crippen LogP contribution < -0.4 is 0 Å². The van der Waals surface area contributed by atoms with Gasteiger partial charge in [-0.05, 0) is 12.8 Å². The van der Waals surface area contributed by atoms with E-state index in [0.29, 0.717) is 0 Å². The van der Waals surface area contributed by atoms with Crippen molar-refractivity contribution in [3.63, 3.8) is 0 Å². The zero-order valence-electron chi connectivity index (χ0n) is 11.7. The molecular weight excluding hydrogens is 336 g/mol. The van der Waals surface area contributed by atoms with Crippen molar-refractivity contribution in [2.24, 2.45) is 0 Å². The summed E-state index contributed by atoms with van der Waals surface area (Å²) in [4.78, 5) is 10.9. The molecule has 0 bridgehead atoms. The Kier molecular flexibility index (Phi) is 7.45. The van der Waals surface area contributed by atoms with Gasteiger partial charge in [0.2, 0.25) is 0 Å². The molecule has 11 heteroatoms. The highest BCUT2D eigenvalue weighted by Gasteiger charge is 2.64. The molecule has 0 aliphatic carbocycles. The fraction of sp³-hybridized carbons (Fsp3) is 0.727. The molecule has 0 spiro atoms. The van der Waals surface area contributed by atoms with Gasteiger partial charge in [0.1, 0.15) is 0 Å². The van der Waals surface area contributed by atoms with E-state index < -0.39 is 40.1 Å². The van der Waals surface area contributed by atoms with E-state index in [2.05, 4.69) is 11.3 Å². The van der Waals surface area contributed by atoms with E-state index in [9.17, 15) is 30.8 Å². The number of carbonyl (C=O) groups is 1. The van der Waals surface area contributed by atoms with Crippen molar-refractivity contribution in [1.29, 1.82) is 0 Å². The van der Waals surface area contributed by atoms with Crippen LogP contribution in [-0.4, -0.2) is 50.4 Å². The summed E-state index contributed by atoms with van der Waals surface area (Å²) in [6.45, 7) is 2.98. The minimum atomic E-state index is -6.21. The molecule has 0 amide bonds. The van der Waals surface area contributed by atoms with Gasteiger partial charge in [-0.3, -0.25) is 4.55 Å². The van der Waals surface area contributed by atoms with Crippen LogP contribution in [0.2, 0.25) is 0 Å². The van der Waals surface area contributed by atoms with Gasteiger partial charge < -0.3 is 9.47 Å². The van der Waals surface area contributed by atoms with Crippen molar-refractivity contribution in [2.75, 3.05) is 20.3 Å². The second-order valence-corrected chi connectivity index (χ2v) is 5.76. The Morgan fingerprint density at radius 2 is 1.77 bits per heavy atom. The van der Waals surface area contributed by atoms with E-state index in [0.717, 1.165) is 7.11 Å². The minimum absolute atomic E-state index is 0.00858. The summed E-state index contributed by atoms with van der Waals surface area (Å²) in [5.41, 5.74) is -0.00858. The Hall–Kier alpha value is -1.20. The topological polar surface area (TPSA) is 89.9 Å². The van der Waals surface area contributed by atoms with E-state index in [1.807, 2.05) is 0 Å². The number of alkyl halides is 4. The number of rotatable bonds is 10. The monoisotopic (exact) mass is 352 g/mol. The highest BCUT2D eigenvalue weighted by atomic mass is 32.2. The highest BCUT2D eigenvalue weighted by molar-refractivity contribution is 7.87. The van der Waals surface area contributed by atoms with Gasteiger partial charge in [-0.15, -0.1) is 0 Å². The normalized spacial score (nSPS) is 13.0. The maximum atomic E-state index is 13.1. The minimum Gasteiger partial charge on any atom is -0.466 e. The van der Waals surface area contributed by atoms with Crippen LogP contribution >= 0.6 is 0 Å². The summed E-state index contributed by atoms with van der Waals surface area (Å²) in [5.74, 6) is -5.62. The number of carbonyl (C=O) groups excluding carboxylic acids is 1. The maximum Gasteiger partial charge on any atom is 0.431 e. The molecule has 6 nitrogen and oxygen atoms in total. The van der Waals surface area contributed by atoms with Gasteiger partial charge in [0.05, 0.1) is 19.3 Å². The van der Waals surface area contributed by atoms with Gasteiger partial charge in [0, 0.05) is 13.0 Å². The number of methoxy groups -OCH3 is 1. The highest BCUT2D eigenvalue weighted by Crippen LogP contribution is 2.41. The van der Waals surface area contributed by atoms with E-state index in [-0.39, 0.29) is 25.2 Å². The van der Waals surface area contributed by atoms with Crippen molar-refractivity contribution in [3.05, 3.63) is 12.2 Å². The molecule has 0 fully saturated rings. The smallest absolute Gasteiger partial charge is 0.431 e. The summed E-state index contributed by atoms with van der Waals surface area (Å²) < 4.78 is 89.7. The second-order valence-electron chi connectivity index (χ2n) is 4.30. The SMILES string of the molecule is C=C(COCCCCC(F)(F)C(F)(F)S(=O)(=O)O)C(=O)OC. The largest absolute Gasteiger partial charge is 0.466 e. The molecule has 0 aliphatic heterocycles. The molecule has 0 heterocycles. The lowest BCUT2D eigenvalue weighted by Crippen LogP contribution is -2.46. The third-order valence-corrected chi connectivity index (χ3v) is 3.48. The van der Waals surface area contributed by atoms with Crippen LogP contribution in [0.25, 0.3) is 0 Å². The van der Waals surface area contributed by atoms with Crippen LogP contribution in [0.1, 0.15) is 19.3 Å². The van der Waals surface area contributed by atoms with Gasteiger partial charge >= 0.3 is 27.3 Å². The van der Waals surface area contributed by atoms with Crippen molar-refractivity contribution >= 4 is 16.1 Å². The van der Waals surface area contributed by atoms with Crippen molar-refractivity contribution in [2.45, 2.75) is 30.4 Å². The Balaban J connectivity index is 4.16. The van der Waals surface area contributed by atoms with Crippen LogP contribution in [0.15, 0.2) is 12.2 Å². The summed E-state index contributed by atoms with van der Waals surface area (Å²) in [7, 11) is -5.08. The summed E-state index contributed by atoms with van der Waals surface area (Å²) in [5, 5.41) is -5.56. The number of hydrogen-bond donors (Lipinski definition) is 1. The Labute approximate surface area is 124 Å². The quantitative estimate of drug-likeness (QED) is 0.213. The summed E-state index contributed by atoms with van der Waals surface area (Å²) >= 11 is 0. The van der Waals surface area contributed by atoms with E-state index in [4.69, 9.17) is 9.29 Å². The fourth-order valence-corrected chi connectivity index (χ4v) is 1.76. The molecule has 0 radical (unpaired) electrons. The van der Waals surface area contributed by atoms with Crippen molar-refractivity contribution < 1.29 is 44.8 Å². The van der Waals surface area contributed by atoms with E-state index in [1.54, 1.807) is 0 Å². The zero-order chi connectivity index (χ0) is 17.6. The summed E-state index contributed by atoms with van der Waals surface area (Å²) in [6.07, 6.45) is -2.03. The van der Waals surface area contributed by atoms with Gasteiger partial charge in [-0.1, -0.05) is 6.58 Å². The van der Waals surface area contributed by atoms with E-state index in [1.165, 1.54) is 0 Å². The molecule has 0 saturated heterocycles. The number of esters is 1. The second kappa shape index (κ2) is 7.88. The molecule has 22 heavy (non-hydrogen) atoms. The van der Waals surface area contributed by atoms with Gasteiger partial charge in [0.25, 0.3) is 0 Å². The number of halogens is 4. The number of unbranched alkanes of at least 4 members (excludes halogenated alkanes) is 1. The third kappa shape index (κ3) is 5.54. The molecule has 0 aliphatic rings. The Morgan fingerprint density at radius 3 is 2.23 bits per heavy atom. The lowest BCUT2D eigenvalue weighted by molar-refractivity contribution is -0.165. The zero-order valence-corrected chi connectivity index (χ0v) is 12.5. The predicted molar refractivity (Wildman–Crippen MR) is 67.3 cm³/mol. The Morgan fingerprint density at radius 1 is 1.23 bits per heavy atom. The molecule has 0 unspecified atom stereocenters. The molecule has 1 N–H and O–H groups in total. The lowest BCUT2D eigenvalue weighted by Gasteiger charge is -2.23.